The molecule has 0 fully saturated rings. The number of anilines is 2. The number of methoxy groups -OCH3 is 2. The van der Waals surface area contributed by atoms with Crippen LogP contribution in [0.5, 0.6) is 5.75 Å². The van der Waals surface area contributed by atoms with Crippen molar-refractivity contribution in [1.82, 2.24) is 0 Å². The Balaban J connectivity index is 2.97. The number of rotatable bonds is 5. The van der Waals surface area contributed by atoms with Gasteiger partial charge in [0.1, 0.15) is 17.4 Å². The molecule has 0 bridgehead atoms. The average Bonchev–Trinajstić information content (AvgIpc) is 2.46. The van der Waals surface area contributed by atoms with Gasteiger partial charge >= 0.3 is 12.1 Å². The molecule has 0 aliphatic rings. The summed E-state index contributed by atoms with van der Waals surface area (Å²) in [7, 11) is 2.84. The van der Waals surface area contributed by atoms with Crippen LogP contribution in [-0.2, 0) is 14.3 Å². The van der Waals surface area contributed by atoms with Crippen LogP contribution in [0.15, 0.2) is 18.2 Å². The van der Waals surface area contributed by atoms with Crippen molar-refractivity contribution in [2.45, 2.75) is 39.3 Å². The normalized spacial score (nSPS) is 12.1. The number of esters is 1. The molecule has 1 unspecified atom stereocenters. The predicted molar refractivity (Wildman–Crippen MR) is 88.0 cm³/mol. The van der Waals surface area contributed by atoms with Crippen LogP contribution in [0.3, 0.4) is 0 Å². The summed E-state index contributed by atoms with van der Waals surface area (Å²) in [5.74, 6) is 0.162. The van der Waals surface area contributed by atoms with E-state index in [1.54, 1.807) is 45.9 Å². The summed E-state index contributed by atoms with van der Waals surface area (Å²) in [5.41, 5.74) is 0.382. The van der Waals surface area contributed by atoms with Crippen LogP contribution in [0.4, 0.5) is 16.2 Å². The number of benzene rings is 1. The third kappa shape index (κ3) is 6.06. The lowest BCUT2D eigenvalue weighted by atomic mass is 10.2. The maximum atomic E-state index is 11.9. The molecule has 128 valence electrons. The molecule has 1 rings (SSSR count). The monoisotopic (exact) mass is 324 g/mol. The van der Waals surface area contributed by atoms with Crippen molar-refractivity contribution in [3.63, 3.8) is 0 Å². The number of hydrogen-bond donors (Lipinski definition) is 2. The molecule has 1 aromatic carbocycles. The van der Waals surface area contributed by atoms with E-state index in [9.17, 15) is 9.59 Å². The molecule has 0 aliphatic carbocycles. The lowest BCUT2D eigenvalue weighted by Gasteiger charge is -2.21. The first-order valence-electron chi connectivity index (χ1n) is 7.18. The first-order valence-corrected chi connectivity index (χ1v) is 7.18. The van der Waals surface area contributed by atoms with Gasteiger partial charge in [0.2, 0.25) is 0 Å². The van der Waals surface area contributed by atoms with E-state index in [2.05, 4.69) is 15.4 Å². The van der Waals surface area contributed by atoms with Crippen molar-refractivity contribution in [3.8, 4) is 5.75 Å². The minimum Gasteiger partial charge on any atom is -0.497 e. The molecule has 7 nitrogen and oxygen atoms in total. The summed E-state index contributed by atoms with van der Waals surface area (Å²) in [4.78, 5) is 23.5. The summed E-state index contributed by atoms with van der Waals surface area (Å²) in [6, 6.07) is 4.44. The van der Waals surface area contributed by atoms with Gasteiger partial charge in [0, 0.05) is 6.07 Å². The molecule has 23 heavy (non-hydrogen) atoms. The molecule has 1 atom stereocenters. The largest absolute Gasteiger partial charge is 0.497 e. The third-order valence-electron chi connectivity index (χ3n) is 2.79. The topological polar surface area (TPSA) is 85.9 Å². The SMILES string of the molecule is COC(=O)C(C)Nc1cc(OC)ccc1NC(=O)OC(C)(C)C. The molecule has 0 saturated carbocycles. The second kappa shape index (κ2) is 7.71. The summed E-state index contributed by atoms with van der Waals surface area (Å²) in [6.07, 6.45) is -0.587. The van der Waals surface area contributed by atoms with Crippen LogP contribution in [0, 0.1) is 0 Å². The van der Waals surface area contributed by atoms with E-state index in [0.717, 1.165) is 0 Å². The molecule has 0 heterocycles. The smallest absolute Gasteiger partial charge is 0.412 e. The first-order chi connectivity index (χ1) is 10.7. The van der Waals surface area contributed by atoms with Crippen molar-refractivity contribution in [3.05, 3.63) is 18.2 Å². The Morgan fingerprint density at radius 1 is 1.13 bits per heavy atom. The molecule has 1 aromatic rings. The van der Waals surface area contributed by atoms with E-state index in [0.29, 0.717) is 17.1 Å². The minimum absolute atomic E-state index is 0.420. The van der Waals surface area contributed by atoms with Crippen LogP contribution in [0.1, 0.15) is 27.7 Å². The van der Waals surface area contributed by atoms with E-state index in [4.69, 9.17) is 9.47 Å². The Bertz CT molecular complexity index is 566. The van der Waals surface area contributed by atoms with Crippen LogP contribution in [0.25, 0.3) is 0 Å². The highest BCUT2D eigenvalue weighted by Gasteiger charge is 2.19. The highest BCUT2D eigenvalue weighted by molar-refractivity contribution is 5.91. The second-order valence-corrected chi connectivity index (χ2v) is 5.93. The van der Waals surface area contributed by atoms with Gasteiger partial charge in [-0.05, 0) is 39.8 Å². The number of nitrogens with one attached hydrogen (secondary N) is 2. The van der Waals surface area contributed by atoms with Crippen LogP contribution >= 0.6 is 0 Å². The van der Waals surface area contributed by atoms with Crippen molar-refractivity contribution in [2.24, 2.45) is 0 Å². The summed E-state index contributed by atoms with van der Waals surface area (Å²) >= 11 is 0. The zero-order valence-electron chi connectivity index (χ0n) is 14.4. The van der Waals surface area contributed by atoms with Gasteiger partial charge in [-0.1, -0.05) is 0 Å². The van der Waals surface area contributed by atoms with Crippen LogP contribution in [0.2, 0.25) is 0 Å². The van der Waals surface area contributed by atoms with Gasteiger partial charge in [-0.3, -0.25) is 5.32 Å². The van der Waals surface area contributed by atoms with E-state index in [1.807, 2.05) is 0 Å². The van der Waals surface area contributed by atoms with Gasteiger partial charge in [-0.25, -0.2) is 9.59 Å². The summed E-state index contributed by atoms with van der Waals surface area (Å²) in [5, 5.41) is 5.63. The fraction of sp³-hybridized carbons (Fsp3) is 0.500. The number of amides is 1. The Hall–Kier alpha value is -2.44. The summed E-state index contributed by atoms with van der Waals surface area (Å²) in [6.45, 7) is 6.99. The summed E-state index contributed by atoms with van der Waals surface area (Å²) < 4.78 is 15.1. The van der Waals surface area contributed by atoms with E-state index >= 15 is 0 Å². The van der Waals surface area contributed by atoms with Crippen molar-refractivity contribution in [1.29, 1.82) is 0 Å². The van der Waals surface area contributed by atoms with Gasteiger partial charge in [0.05, 0.1) is 25.6 Å². The minimum atomic E-state index is -0.608. The molecule has 2 N–H and O–H groups in total. The maximum Gasteiger partial charge on any atom is 0.412 e. The Kier molecular flexibility index (Phi) is 6.24. The van der Waals surface area contributed by atoms with Crippen LogP contribution < -0.4 is 15.4 Å². The fourth-order valence-corrected chi connectivity index (χ4v) is 1.76. The lowest BCUT2D eigenvalue weighted by molar-refractivity contribution is -0.141. The average molecular weight is 324 g/mol. The third-order valence-corrected chi connectivity index (χ3v) is 2.79. The zero-order chi connectivity index (χ0) is 17.6. The predicted octanol–water partition coefficient (Wildman–Crippen LogP) is 3.02. The standard InChI is InChI=1S/C16H24N2O5/c1-10(14(19)22-6)17-13-9-11(21-5)7-8-12(13)18-15(20)23-16(2,3)4/h7-10,17H,1-6H3,(H,18,20). The van der Waals surface area contributed by atoms with Crippen molar-refractivity contribution in [2.75, 3.05) is 24.9 Å². The molecule has 0 saturated heterocycles. The second-order valence-electron chi connectivity index (χ2n) is 5.93. The molecular formula is C16H24N2O5. The molecule has 0 aliphatic heterocycles. The molecule has 1 amide bonds. The Morgan fingerprint density at radius 2 is 1.78 bits per heavy atom. The number of ether oxygens (including phenoxy) is 3. The number of carbonyl (C=O) groups is 2. The van der Waals surface area contributed by atoms with E-state index in [1.165, 1.54) is 14.2 Å². The van der Waals surface area contributed by atoms with E-state index in [-0.39, 0.29) is 0 Å². The molecule has 0 spiro atoms. The van der Waals surface area contributed by atoms with Crippen LogP contribution in [-0.4, -0.2) is 37.9 Å². The van der Waals surface area contributed by atoms with Gasteiger partial charge in [0.15, 0.2) is 0 Å². The highest BCUT2D eigenvalue weighted by atomic mass is 16.6. The molecule has 0 radical (unpaired) electrons. The van der Waals surface area contributed by atoms with E-state index < -0.39 is 23.7 Å². The van der Waals surface area contributed by atoms with Gasteiger partial charge in [-0.15, -0.1) is 0 Å². The molecule has 0 aromatic heterocycles. The Morgan fingerprint density at radius 3 is 2.30 bits per heavy atom. The highest BCUT2D eigenvalue weighted by Crippen LogP contribution is 2.28. The Labute approximate surface area is 136 Å². The number of carbonyl (C=O) groups excluding carboxylic acids is 2. The maximum absolute atomic E-state index is 11.9. The molecular weight excluding hydrogens is 300 g/mol. The fourth-order valence-electron chi connectivity index (χ4n) is 1.76. The first kappa shape index (κ1) is 18.6. The van der Waals surface area contributed by atoms with Gasteiger partial charge in [0.25, 0.3) is 0 Å². The molecule has 7 heteroatoms. The number of hydrogen-bond acceptors (Lipinski definition) is 6. The van der Waals surface area contributed by atoms with Gasteiger partial charge < -0.3 is 19.5 Å². The van der Waals surface area contributed by atoms with Gasteiger partial charge in [-0.2, -0.15) is 0 Å². The zero-order valence-corrected chi connectivity index (χ0v) is 14.4. The quantitative estimate of drug-likeness (QED) is 0.810. The lowest BCUT2D eigenvalue weighted by Crippen LogP contribution is -2.29. The van der Waals surface area contributed by atoms with Crippen molar-refractivity contribution < 1.29 is 23.8 Å². The van der Waals surface area contributed by atoms with Crippen molar-refractivity contribution >= 4 is 23.4 Å².